The van der Waals surface area contributed by atoms with Crippen molar-refractivity contribution in [2.45, 2.75) is 20.8 Å². The Morgan fingerprint density at radius 2 is 2.00 bits per heavy atom. The summed E-state index contributed by atoms with van der Waals surface area (Å²) in [6.07, 6.45) is 3.67. The number of nitrogens with zero attached hydrogens (tertiary/aromatic N) is 1. The van der Waals surface area contributed by atoms with E-state index in [9.17, 15) is 4.79 Å². The fraction of sp³-hybridized carbons (Fsp3) is 0.357. The van der Waals surface area contributed by atoms with Crippen molar-refractivity contribution in [1.82, 2.24) is 4.40 Å². The molecule has 4 nitrogen and oxygen atoms in total. The van der Waals surface area contributed by atoms with Gasteiger partial charge < -0.3 is 13.9 Å². The molecule has 0 radical (unpaired) electrons. The zero-order chi connectivity index (χ0) is 13.5. The predicted molar refractivity (Wildman–Crippen MR) is 71.3 cm³/mol. The van der Waals surface area contributed by atoms with E-state index in [4.69, 9.17) is 9.47 Å². The minimum atomic E-state index is -0.325. The molecule has 98 valence electrons. The Hall–Kier alpha value is -1.97. The van der Waals surface area contributed by atoms with Gasteiger partial charge in [0.25, 0.3) is 0 Å². The van der Waals surface area contributed by atoms with Gasteiger partial charge in [-0.2, -0.15) is 0 Å². The number of methoxy groups -OCH3 is 1. The molecule has 2 rings (SSSR count). The van der Waals surface area contributed by atoms with Crippen molar-refractivity contribution in [2.24, 2.45) is 0 Å². The number of fused-ring (bicyclic) bond motifs is 1. The molecule has 0 saturated carbocycles. The average molecular weight is 249 g/mol. The van der Waals surface area contributed by atoms with Crippen LogP contribution in [-0.2, 0) is 4.74 Å². The van der Waals surface area contributed by atoms with Crippen molar-refractivity contribution in [3.05, 3.63) is 36.2 Å². The van der Waals surface area contributed by atoms with E-state index in [0.717, 1.165) is 5.52 Å². The van der Waals surface area contributed by atoms with Crippen LogP contribution < -0.4 is 4.74 Å². The zero-order valence-electron chi connectivity index (χ0n) is 11.3. The number of hydrogen-bond donors (Lipinski definition) is 0. The molecule has 0 bridgehead atoms. The van der Waals surface area contributed by atoms with E-state index < -0.39 is 0 Å². The standard InChI is InChI=1S/C12H13NO3.C2H6/c1-3-16-12(14)9-6-8-13-7-4-5-10(15-2)11(9)13;1-2/h4-8H,3H2,1-2H3;1-2H3. The van der Waals surface area contributed by atoms with E-state index in [0.29, 0.717) is 17.9 Å². The molecule has 0 N–H and O–H groups in total. The first-order valence-corrected chi connectivity index (χ1v) is 6.08. The van der Waals surface area contributed by atoms with Gasteiger partial charge in [-0.3, -0.25) is 0 Å². The SMILES string of the molecule is CC.CCOC(=O)c1ccn2cccc(OC)c12. The molecular formula is C14H19NO3. The third kappa shape index (κ3) is 2.64. The summed E-state index contributed by atoms with van der Waals surface area (Å²) in [5, 5.41) is 0. The second-order valence-electron chi connectivity index (χ2n) is 3.28. The van der Waals surface area contributed by atoms with Crippen LogP contribution in [0, 0.1) is 0 Å². The first-order chi connectivity index (χ1) is 8.77. The van der Waals surface area contributed by atoms with Crippen LogP contribution in [0.4, 0.5) is 0 Å². The number of esters is 1. The fourth-order valence-electron chi connectivity index (χ4n) is 1.67. The second kappa shape index (κ2) is 6.69. The van der Waals surface area contributed by atoms with E-state index in [1.807, 2.05) is 42.8 Å². The van der Waals surface area contributed by atoms with E-state index >= 15 is 0 Å². The Kier molecular flexibility index (Phi) is 5.24. The first kappa shape index (κ1) is 14.1. The molecular weight excluding hydrogens is 230 g/mol. The summed E-state index contributed by atoms with van der Waals surface area (Å²) in [5.74, 6) is 0.338. The van der Waals surface area contributed by atoms with Gasteiger partial charge >= 0.3 is 5.97 Å². The number of ether oxygens (including phenoxy) is 2. The van der Waals surface area contributed by atoms with Crippen LogP contribution in [0.25, 0.3) is 5.52 Å². The number of aromatic nitrogens is 1. The van der Waals surface area contributed by atoms with Crippen LogP contribution in [0.15, 0.2) is 30.6 Å². The van der Waals surface area contributed by atoms with Crippen molar-refractivity contribution in [2.75, 3.05) is 13.7 Å². The average Bonchev–Trinajstić information content (AvgIpc) is 2.85. The molecule has 0 amide bonds. The summed E-state index contributed by atoms with van der Waals surface area (Å²) in [6.45, 7) is 6.15. The van der Waals surface area contributed by atoms with Crippen LogP contribution in [0.2, 0.25) is 0 Å². The molecule has 2 heterocycles. The lowest BCUT2D eigenvalue weighted by molar-refractivity contribution is 0.0528. The van der Waals surface area contributed by atoms with Gasteiger partial charge in [0.05, 0.1) is 19.3 Å². The van der Waals surface area contributed by atoms with Gasteiger partial charge in [-0.25, -0.2) is 4.79 Å². The summed E-state index contributed by atoms with van der Waals surface area (Å²) < 4.78 is 12.1. The summed E-state index contributed by atoms with van der Waals surface area (Å²) >= 11 is 0. The van der Waals surface area contributed by atoms with Crippen molar-refractivity contribution in [1.29, 1.82) is 0 Å². The van der Waals surface area contributed by atoms with Gasteiger partial charge in [0, 0.05) is 12.4 Å². The van der Waals surface area contributed by atoms with E-state index in [1.54, 1.807) is 20.1 Å². The van der Waals surface area contributed by atoms with Crippen molar-refractivity contribution in [3.63, 3.8) is 0 Å². The molecule has 0 aromatic carbocycles. The Morgan fingerprint density at radius 1 is 1.28 bits per heavy atom. The number of hydrogen-bond acceptors (Lipinski definition) is 3. The van der Waals surface area contributed by atoms with Gasteiger partial charge in [0.2, 0.25) is 0 Å². The number of pyridine rings is 1. The zero-order valence-corrected chi connectivity index (χ0v) is 11.3. The summed E-state index contributed by atoms with van der Waals surface area (Å²) in [7, 11) is 1.58. The van der Waals surface area contributed by atoms with E-state index in [1.165, 1.54) is 0 Å². The van der Waals surface area contributed by atoms with Gasteiger partial charge in [-0.15, -0.1) is 0 Å². The highest BCUT2D eigenvalue weighted by atomic mass is 16.5. The Bertz CT molecular complexity index is 517. The molecule has 0 fully saturated rings. The number of carbonyl (C=O) groups excluding carboxylic acids is 1. The molecule has 0 saturated heterocycles. The van der Waals surface area contributed by atoms with Gasteiger partial charge in [-0.05, 0) is 25.1 Å². The first-order valence-electron chi connectivity index (χ1n) is 6.08. The maximum absolute atomic E-state index is 11.7. The molecule has 0 aliphatic carbocycles. The van der Waals surface area contributed by atoms with Crippen LogP contribution in [0.1, 0.15) is 31.1 Å². The monoisotopic (exact) mass is 249 g/mol. The summed E-state index contributed by atoms with van der Waals surface area (Å²) in [5.41, 5.74) is 1.27. The maximum atomic E-state index is 11.7. The van der Waals surface area contributed by atoms with Crippen molar-refractivity contribution >= 4 is 11.5 Å². The Balaban J connectivity index is 0.000000771. The van der Waals surface area contributed by atoms with Crippen LogP contribution >= 0.6 is 0 Å². The summed E-state index contributed by atoms with van der Waals surface area (Å²) in [6, 6.07) is 5.41. The minimum Gasteiger partial charge on any atom is -0.495 e. The van der Waals surface area contributed by atoms with E-state index in [2.05, 4.69) is 0 Å². The molecule has 0 atom stereocenters. The normalized spacial score (nSPS) is 9.56. The van der Waals surface area contributed by atoms with Crippen LogP contribution in [0.3, 0.4) is 0 Å². The van der Waals surface area contributed by atoms with Crippen LogP contribution in [0.5, 0.6) is 5.75 Å². The Labute approximate surface area is 107 Å². The van der Waals surface area contributed by atoms with Crippen molar-refractivity contribution in [3.8, 4) is 5.75 Å². The number of carbonyl (C=O) groups is 1. The second-order valence-corrected chi connectivity index (χ2v) is 3.28. The molecule has 0 aliphatic heterocycles. The molecule has 0 unspecified atom stereocenters. The largest absolute Gasteiger partial charge is 0.495 e. The summed E-state index contributed by atoms with van der Waals surface area (Å²) in [4.78, 5) is 11.7. The lowest BCUT2D eigenvalue weighted by atomic mass is 10.2. The lowest BCUT2D eigenvalue weighted by Gasteiger charge is -2.05. The van der Waals surface area contributed by atoms with E-state index in [-0.39, 0.29) is 5.97 Å². The minimum absolute atomic E-state index is 0.325. The highest BCUT2D eigenvalue weighted by Crippen LogP contribution is 2.24. The molecule has 18 heavy (non-hydrogen) atoms. The molecule has 2 aromatic rings. The molecule has 0 aliphatic rings. The highest BCUT2D eigenvalue weighted by molar-refractivity contribution is 5.99. The third-order valence-corrected chi connectivity index (χ3v) is 2.36. The highest BCUT2D eigenvalue weighted by Gasteiger charge is 2.15. The lowest BCUT2D eigenvalue weighted by Crippen LogP contribution is -2.04. The molecule has 0 spiro atoms. The predicted octanol–water partition coefficient (Wildman–Crippen LogP) is 3.15. The topological polar surface area (TPSA) is 39.9 Å². The van der Waals surface area contributed by atoms with Gasteiger partial charge in [0.15, 0.2) is 0 Å². The third-order valence-electron chi connectivity index (χ3n) is 2.36. The quantitative estimate of drug-likeness (QED) is 0.784. The Morgan fingerprint density at radius 3 is 2.61 bits per heavy atom. The fourth-order valence-corrected chi connectivity index (χ4v) is 1.67. The smallest absolute Gasteiger partial charge is 0.340 e. The van der Waals surface area contributed by atoms with Crippen LogP contribution in [-0.4, -0.2) is 24.1 Å². The maximum Gasteiger partial charge on any atom is 0.340 e. The molecule has 4 heteroatoms. The van der Waals surface area contributed by atoms with Crippen molar-refractivity contribution < 1.29 is 14.3 Å². The molecule has 2 aromatic heterocycles. The number of rotatable bonds is 3. The van der Waals surface area contributed by atoms with Gasteiger partial charge in [0.1, 0.15) is 11.3 Å². The van der Waals surface area contributed by atoms with Gasteiger partial charge in [-0.1, -0.05) is 13.8 Å².